The molecule has 144 valence electrons. The third kappa shape index (κ3) is 3.88. The van der Waals surface area contributed by atoms with Crippen molar-refractivity contribution in [3.8, 4) is 0 Å². The van der Waals surface area contributed by atoms with E-state index in [4.69, 9.17) is 4.74 Å². The summed E-state index contributed by atoms with van der Waals surface area (Å²) < 4.78 is 5.29. The number of anilines is 1. The molecule has 0 atom stereocenters. The lowest BCUT2D eigenvalue weighted by atomic mass is 10.0. The number of nitrogens with one attached hydrogen (secondary N) is 1. The third-order valence-corrected chi connectivity index (χ3v) is 4.81. The molecule has 0 bridgehead atoms. The Hall–Kier alpha value is -3.21. The summed E-state index contributed by atoms with van der Waals surface area (Å²) >= 11 is 0. The molecule has 0 saturated heterocycles. The number of amides is 1. The number of aryl methyl sites for hydroxylation is 5. The number of pyridine rings is 1. The van der Waals surface area contributed by atoms with Gasteiger partial charge in [0.05, 0.1) is 16.8 Å². The molecule has 0 unspecified atom stereocenters. The number of carbonyl (C=O) groups excluding carboxylic acids is 2. The maximum Gasteiger partial charge on any atom is 0.340 e. The van der Waals surface area contributed by atoms with Crippen LogP contribution in [0.4, 0.5) is 5.69 Å². The van der Waals surface area contributed by atoms with E-state index in [-0.39, 0.29) is 12.5 Å². The van der Waals surface area contributed by atoms with Gasteiger partial charge in [0.1, 0.15) is 0 Å². The first kappa shape index (κ1) is 19.5. The van der Waals surface area contributed by atoms with Gasteiger partial charge >= 0.3 is 5.97 Å². The third-order valence-electron chi connectivity index (χ3n) is 4.81. The average Bonchev–Trinajstić information content (AvgIpc) is 2.63. The van der Waals surface area contributed by atoms with E-state index in [1.807, 2.05) is 64.1 Å². The molecule has 28 heavy (non-hydrogen) atoms. The molecule has 1 amide bonds. The number of benzene rings is 2. The van der Waals surface area contributed by atoms with Crippen molar-refractivity contribution < 1.29 is 14.3 Å². The predicted octanol–water partition coefficient (Wildman–Crippen LogP) is 4.57. The lowest BCUT2D eigenvalue weighted by molar-refractivity contribution is -0.119. The molecule has 0 aliphatic rings. The highest BCUT2D eigenvalue weighted by Gasteiger charge is 2.19. The summed E-state index contributed by atoms with van der Waals surface area (Å²) in [4.78, 5) is 29.4. The van der Waals surface area contributed by atoms with Gasteiger partial charge in [-0.2, -0.15) is 0 Å². The van der Waals surface area contributed by atoms with Crippen LogP contribution in [0.2, 0.25) is 0 Å². The number of ether oxygens (including phenoxy) is 1. The van der Waals surface area contributed by atoms with E-state index in [0.29, 0.717) is 11.3 Å². The number of fused-ring (bicyclic) bond motifs is 1. The lowest BCUT2D eigenvalue weighted by Gasteiger charge is -2.14. The standard InChI is InChI=1S/C23H24N2O3/c1-13-10-14(2)22(15(3)11-13)25-20(26)12-28-23(27)21-16(4)18-8-6-7-9-19(18)24-17(21)5/h6-11H,12H2,1-5H3,(H,25,26). The molecule has 1 aromatic heterocycles. The molecule has 1 heterocycles. The van der Waals surface area contributed by atoms with Crippen LogP contribution in [0.1, 0.15) is 38.3 Å². The first-order valence-corrected chi connectivity index (χ1v) is 9.18. The van der Waals surface area contributed by atoms with Crippen LogP contribution >= 0.6 is 0 Å². The van der Waals surface area contributed by atoms with Crippen molar-refractivity contribution in [2.75, 3.05) is 11.9 Å². The van der Waals surface area contributed by atoms with Gasteiger partial charge in [-0.15, -0.1) is 0 Å². The van der Waals surface area contributed by atoms with Crippen LogP contribution in [0.25, 0.3) is 10.9 Å². The van der Waals surface area contributed by atoms with Crippen LogP contribution in [-0.4, -0.2) is 23.5 Å². The molecule has 0 aliphatic heterocycles. The van der Waals surface area contributed by atoms with E-state index < -0.39 is 5.97 Å². The Labute approximate surface area is 164 Å². The number of nitrogens with zero attached hydrogens (tertiary/aromatic N) is 1. The number of aromatic nitrogens is 1. The van der Waals surface area contributed by atoms with Gasteiger partial charge < -0.3 is 10.1 Å². The Morgan fingerprint density at radius 1 is 1.00 bits per heavy atom. The largest absolute Gasteiger partial charge is 0.452 e. The van der Waals surface area contributed by atoms with Crippen molar-refractivity contribution in [1.29, 1.82) is 0 Å². The summed E-state index contributed by atoms with van der Waals surface area (Å²) in [7, 11) is 0. The molecular formula is C23H24N2O3. The summed E-state index contributed by atoms with van der Waals surface area (Å²) in [6, 6.07) is 11.6. The number of hydrogen-bond donors (Lipinski definition) is 1. The summed E-state index contributed by atoms with van der Waals surface area (Å²) in [5, 5.41) is 3.74. The molecule has 3 rings (SSSR count). The Kier molecular flexibility index (Phi) is 5.45. The zero-order chi connectivity index (χ0) is 20.4. The van der Waals surface area contributed by atoms with Gasteiger partial charge in [0.2, 0.25) is 0 Å². The van der Waals surface area contributed by atoms with E-state index in [1.165, 1.54) is 0 Å². The zero-order valence-corrected chi connectivity index (χ0v) is 16.8. The van der Waals surface area contributed by atoms with Gasteiger partial charge in [-0.1, -0.05) is 35.9 Å². The van der Waals surface area contributed by atoms with E-state index in [1.54, 1.807) is 6.92 Å². The summed E-state index contributed by atoms with van der Waals surface area (Å²) in [6.07, 6.45) is 0. The van der Waals surface area contributed by atoms with E-state index in [2.05, 4.69) is 10.3 Å². The van der Waals surface area contributed by atoms with Crippen LogP contribution in [0.15, 0.2) is 36.4 Å². The number of carbonyl (C=O) groups is 2. The molecule has 5 nitrogen and oxygen atoms in total. The second kappa shape index (κ2) is 7.80. The molecule has 3 aromatic rings. The minimum absolute atomic E-state index is 0.350. The summed E-state index contributed by atoms with van der Waals surface area (Å²) in [6.45, 7) is 9.18. The fraction of sp³-hybridized carbons (Fsp3) is 0.261. The number of para-hydroxylation sites is 1. The Balaban J connectivity index is 1.74. The normalized spacial score (nSPS) is 10.8. The van der Waals surface area contributed by atoms with Crippen molar-refractivity contribution in [1.82, 2.24) is 4.98 Å². The number of rotatable bonds is 4. The predicted molar refractivity (Wildman–Crippen MR) is 111 cm³/mol. The van der Waals surface area contributed by atoms with Gasteiger partial charge in [0.25, 0.3) is 5.91 Å². The summed E-state index contributed by atoms with van der Waals surface area (Å²) in [5.74, 6) is -0.909. The van der Waals surface area contributed by atoms with Crippen LogP contribution in [-0.2, 0) is 9.53 Å². The van der Waals surface area contributed by atoms with Crippen molar-refractivity contribution >= 4 is 28.5 Å². The van der Waals surface area contributed by atoms with Gasteiger partial charge in [0, 0.05) is 11.1 Å². The highest BCUT2D eigenvalue weighted by Crippen LogP contribution is 2.24. The highest BCUT2D eigenvalue weighted by atomic mass is 16.5. The van der Waals surface area contributed by atoms with Crippen LogP contribution < -0.4 is 5.32 Å². The minimum Gasteiger partial charge on any atom is -0.452 e. The lowest BCUT2D eigenvalue weighted by Crippen LogP contribution is -2.22. The second-order valence-corrected chi connectivity index (χ2v) is 7.11. The van der Waals surface area contributed by atoms with Crippen LogP contribution in [0, 0.1) is 34.6 Å². The molecule has 0 radical (unpaired) electrons. The fourth-order valence-corrected chi connectivity index (χ4v) is 3.59. The van der Waals surface area contributed by atoms with Crippen LogP contribution in [0.3, 0.4) is 0 Å². The van der Waals surface area contributed by atoms with E-state index in [9.17, 15) is 9.59 Å². The quantitative estimate of drug-likeness (QED) is 0.677. The van der Waals surface area contributed by atoms with Crippen molar-refractivity contribution in [3.63, 3.8) is 0 Å². The van der Waals surface area contributed by atoms with Gasteiger partial charge in [0.15, 0.2) is 6.61 Å². The monoisotopic (exact) mass is 376 g/mol. The first-order chi connectivity index (χ1) is 13.3. The molecular weight excluding hydrogens is 352 g/mol. The van der Waals surface area contributed by atoms with Gasteiger partial charge in [-0.05, 0) is 57.4 Å². The maximum absolute atomic E-state index is 12.6. The van der Waals surface area contributed by atoms with Crippen LogP contribution in [0.5, 0.6) is 0 Å². The SMILES string of the molecule is Cc1cc(C)c(NC(=O)COC(=O)c2c(C)nc3ccccc3c2C)c(C)c1. The molecule has 0 saturated carbocycles. The maximum atomic E-state index is 12.6. The average molecular weight is 376 g/mol. The van der Waals surface area contributed by atoms with E-state index in [0.717, 1.165) is 38.8 Å². The topological polar surface area (TPSA) is 68.3 Å². The molecule has 1 N–H and O–H groups in total. The Bertz CT molecular complexity index is 1060. The highest BCUT2D eigenvalue weighted by molar-refractivity contribution is 6.00. The molecule has 0 fully saturated rings. The van der Waals surface area contributed by atoms with Crippen molar-refractivity contribution in [2.45, 2.75) is 34.6 Å². The van der Waals surface area contributed by atoms with Crippen molar-refractivity contribution in [2.24, 2.45) is 0 Å². The fourth-order valence-electron chi connectivity index (χ4n) is 3.59. The van der Waals surface area contributed by atoms with E-state index >= 15 is 0 Å². The molecule has 0 spiro atoms. The Morgan fingerprint density at radius 2 is 1.64 bits per heavy atom. The first-order valence-electron chi connectivity index (χ1n) is 9.18. The second-order valence-electron chi connectivity index (χ2n) is 7.11. The molecule has 5 heteroatoms. The number of esters is 1. The Morgan fingerprint density at radius 3 is 2.32 bits per heavy atom. The minimum atomic E-state index is -0.541. The zero-order valence-electron chi connectivity index (χ0n) is 16.8. The molecule has 2 aromatic carbocycles. The van der Waals surface area contributed by atoms with Gasteiger partial charge in [-0.3, -0.25) is 9.78 Å². The van der Waals surface area contributed by atoms with Crippen molar-refractivity contribution in [3.05, 3.63) is 69.9 Å². The number of hydrogen-bond acceptors (Lipinski definition) is 4. The summed E-state index contributed by atoms with van der Waals surface area (Å²) in [5.41, 5.74) is 6.47. The molecule has 0 aliphatic carbocycles. The van der Waals surface area contributed by atoms with Gasteiger partial charge in [-0.25, -0.2) is 4.79 Å². The smallest absolute Gasteiger partial charge is 0.340 e.